The molecule has 1 aromatic heterocycles. The van der Waals surface area contributed by atoms with Crippen LogP contribution < -0.4 is 16.2 Å². The minimum Gasteiger partial charge on any atom is -0.504 e. The fourth-order valence-electron chi connectivity index (χ4n) is 0.706. The number of hydrogen-bond acceptors (Lipinski definition) is 5. The Bertz CT molecular complexity index is 353. The fraction of sp³-hybridized carbons (Fsp3) is 0.167. The molecule has 5 N–H and O–H groups in total. The van der Waals surface area contributed by atoms with Gasteiger partial charge < -0.3 is 21.3 Å². The van der Waals surface area contributed by atoms with Crippen molar-refractivity contribution < 1.29 is 23.0 Å². The van der Waals surface area contributed by atoms with Crippen LogP contribution in [0.2, 0.25) is 0 Å². The number of aromatic hydroxyl groups is 1. The van der Waals surface area contributed by atoms with Crippen molar-refractivity contribution in [2.75, 3.05) is 11.5 Å². The van der Waals surface area contributed by atoms with E-state index in [9.17, 15) is 13.2 Å². The lowest BCUT2D eigenvalue weighted by Gasteiger charge is -2.10. The number of rotatable bonds is 1. The van der Waals surface area contributed by atoms with Crippen LogP contribution in [-0.4, -0.2) is 16.5 Å². The second-order valence-corrected chi connectivity index (χ2v) is 2.33. The standard InChI is InChI=1S/C6H6F3N3O2/c7-6(8,9)14-5-2(10)1-3(13)4(11)12-5/h1,13H,10H2,(H2,11,12). The van der Waals surface area contributed by atoms with E-state index in [1.807, 2.05) is 0 Å². The van der Waals surface area contributed by atoms with Gasteiger partial charge >= 0.3 is 6.36 Å². The third-order valence-electron chi connectivity index (χ3n) is 1.24. The molecule has 0 bridgehead atoms. The molecule has 0 fully saturated rings. The van der Waals surface area contributed by atoms with Gasteiger partial charge in [0.15, 0.2) is 11.6 Å². The van der Waals surface area contributed by atoms with Crippen molar-refractivity contribution in [2.24, 2.45) is 0 Å². The summed E-state index contributed by atoms with van der Waals surface area (Å²) in [4.78, 5) is 3.12. The van der Waals surface area contributed by atoms with Crippen LogP contribution >= 0.6 is 0 Å². The average Bonchev–Trinajstić information content (AvgIpc) is 1.97. The molecule has 1 rings (SSSR count). The zero-order valence-electron chi connectivity index (χ0n) is 6.67. The number of nitrogens with zero attached hydrogens (tertiary/aromatic N) is 1. The first-order valence-electron chi connectivity index (χ1n) is 3.30. The second-order valence-electron chi connectivity index (χ2n) is 2.33. The first kappa shape index (κ1) is 10.2. The van der Waals surface area contributed by atoms with Crippen LogP contribution in [0.15, 0.2) is 6.07 Å². The van der Waals surface area contributed by atoms with Gasteiger partial charge in [-0.25, -0.2) is 0 Å². The van der Waals surface area contributed by atoms with Crippen LogP contribution in [0.1, 0.15) is 0 Å². The number of aromatic nitrogens is 1. The third kappa shape index (κ3) is 2.31. The van der Waals surface area contributed by atoms with Gasteiger partial charge in [-0.05, 0) is 0 Å². The molecule has 0 radical (unpaired) electrons. The Kier molecular flexibility index (Phi) is 2.28. The van der Waals surface area contributed by atoms with Crippen LogP contribution in [0.25, 0.3) is 0 Å². The van der Waals surface area contributed by atoms with Gasteiger partial charge in [0.1, 0.15) is 0 Å². The van der Waals surface area contributed by atoms with E-state index in [0.717, 1.165) is 6.07 Å². The molecule has 0 saturated carbocycles. The molecule has 14 heavy (non-hydrogen) atoms. The van der Waals surface area contributed by atoms with Crippen molar-refractivity contribution in [1.82, 2.24) is 4.98 Å². The zero-order valence-corrected chi connectivity index (χ0v) is 6.67. The van der Waals surface area contributed by atoms with Gasteiger partial charge in [0.05, 0.1) is 5.69 Å². The number of ether oxygens (including phenoxy) is 1. The van der Waals surface area contributed by atoms with E-state index in [4.69, 9.17) is 16.6 Å². The number of halogens is 3. The molecule has 0 aliphatic carbocycles. The normalized spacial score (nSPS) is 11.4. The Labute approximate surface area is 76.1 Å². The number of pyridine rings is 1. The number of nitrogen functional groups attached to an aromatic ring is 2. The van der Waals surface area contributed by atoms with Crippen LogP contribution in [0, 0.1) is 0 Å². The molecule has 0 aliphatic rings. The van der Waals surface area contributed by atoms with Gasteiger partial charge in [0, 0.05) is 6.07 Å². The van der Waals surface area contributed by atoms with E-state index in [2.05, 4.69) is 9.72 Å². The van der Waals surface area contributed by atoms with Gasteiger partial charge in [-0.15, -0.1) is 13.2 Å². The Morgan fingerprint density at radius 1 is 1.36 bits per heavy atom. The van der Waals surface area contributed by atoms with Crippen molar-refractivity contribution in [3.63, 3.8) is 0 Å². The smallest absolute Gasteiger partial charge is 0.504 e. The number of anilines is 2. The SMILES string of the molecule is Nc1cc(O)c(N)nc1OC(F)(F)F. The first-order chi connectivity index (χ1) is 6.29. The summed E-state index contributed by atoms with van der Waals surface area (Å²) in [7, 11) is 0. The summed E-state index contributed by atoms with van der Waals surface area (Å²) in [6.45, 7) is 0. The minimum absolute atomic E-state index is 0.450. The molecule has 0 amide bonds. The maximum absolute atomic E-state index is 11.7. The van der Waals surface area contributed by atoms with E-state index < -0.39 is 29.5 Å². The third-order valence-corrected chi connectivity index (χ3v) is 1.24. The molecule has 1 heterocycles. The summed E-state index contributed by atoms with van der Waals surface area (Å²) in [5.41, 5.74) is 9.69. The molecule has 0 aromatic carbocycles. The molecule has 0 aliphatic heterocycles. The molecule has 0 spiro atoms. The highest BCUT2D eigenvalue weighted by Gasteiger charge is 2.33. The highest BCUT2D eigenvalue weighted by atomic mass is 19.4. The Balaban J connectivity index is 3.04. The molecule has 8 heteroatoms. The summed E-state index contributed by atoms with van der Waals surface area (Å²) in [6.07, 6.45) is -4.90. The largest absolute Gasteiger partial charge is 0.574 e. The monoisotopic (exact) mass is 209 g/mol. The lowest BCUT2D eigenvalue weighted by atomic mass is 10.4. The fourth-order valence-corrected chi connectivity index (χ4v) is 0.706. The molecular weight excluding hydrogens is 203 g/mol. The highest BCUT2D eigenvalue weighted by Crippen LogP contribution is 2.31. The topological polar surface area (TPSA) is 94.4 Å². The van der Waals surface area contributed by atoms with Crippen molar-refractivity contribution in [1.29, 1.82) is 0 Å². The molecule has 0 atom stereocenters. The van der Waals surface area contributed by atoms with Crippen LogP contribution in [0.4, 0.5) is 24.7 Å². The van der Waals surface area contributed by atoms with Crippen LogP contribution in [-0.2, 0) is 0 Å². The van der Waals surface area contributed by atoms with E-state index in [1.165, 1.54) is 0 Å². The quantitative estimate of drug-likeness (QED) is 0.637. The summed E-state index contributed by atoms with van der Waals surface area (Å²) >= 11 is 0. The summed E-state index contributed by atoms with van der Waals surface area (Å²) in [6, 6.07) is 0.823. The predicted molar refractivity (Wildman–Crippen MR) is 41.4 cm³/mol. The Morgan fingerprint density at radius 2 is 1.93 bits per heavy atom. The lowest BCUT2D eigenvalue weighted by Crippen LogP contribution is -2.19. The molecule has 78 valence electrons. The molecule has 1 aromatic rings. The molecule has 0 saturated heterocycles. The average molecular weight is 209 g/mol. The van der Waals surface area contributed by atoms with E-state index in [1.54, 1.807) is 0 Å². The predicted octanol–water partition coefficient (Wildman–Crippen LogP) is 0.850. The molecule has 0 unspecified atom stereocenters. The van der Waals surface area contributed by atoms with Crippen molar-refractivity contribution >= 4 is 11.5 Å². The van der Waals surface area contributed by atoms with Crippen molar-refractivity contribution in [3.8, 4) is 11.6 Å². The number of hydrogen-bond donors (Lipinski definition) is 3. The lowest BCUT2D eigenvalue weighted by molar-refractivity contribution is -0.275. The van der Waals surface area contributed by atoms with Gasteiger partial charge in [0.25, 0.3) is 0 Å². The highest BCUT2D eigenvalue weighted by molar-refractivity contribution is 5.59. The maximum Gasteiger partial charge on any atom is 0.574 e. The van der Waals surface area contributed by atoms with Gasteiger partial charge in [-0.3, -0.25) is 0 Å². The number of alkyl halides is 3. The van der Waals surface area contributed by atoms with Crippen LogP contribution in [0.3, 0.4) is 0 Å². The Hall–Kier alpha value is -1.86. The van der Waals surface area contributed by atoms with Gasteiger partial charge in [0.2, 0.25) is 5.88 Å². The summed E-state index contributed by atoms with van der Waals surface area (Å²) < 4.78 is 38.6. The van der Waals surface area contributed by atoms with Crippen molar-refractivity contribution in [2.45, 2.75) is 6.36 Å². The minimum atomic E-state index is -4.90. The number of nitrogens with two attached hydrogens (primary N) is 2. The first-order valence-corrected chi connectivity index (χ1v) is 3.30. The Morgan fingerprint density at radius 3 is 2.43 bits per heavy atom. The molecule has 5 nitrogen and oxygen atoms in total. The summed E-state index contributed by atoms with van der Waals surface area (Å²) in [5.74, 6) is -1.87. The van der Waals surface area contributed by atoms with Crippen molar-refractivity contribution in [3.05, 3.63) is 6.07 Å². The van der Waals surface area contributed by atoms with Gasteiger partial charge in [-0.2, -0.15) is 4.98 Å². The van der Waals surface area contributed by atoms with E-state index in [0.29, 0.717) is 0 Å². The van der Waals surface area contributed by atoms with Gasteiger partial charge in [-0.1, -0.05) is 0 Å². The van der Waals surface area contributed by atoms with E-state index in [-0.39, 0.29) is 0 Å². The van der Waals surface area contributed by atoms with E-state index >= 15 is 0 Å². The summed E-state index contributed by atoms with van der Waals surface area (Å²) in [5, 5.41) is 8.92. The second kappa shape index (κ2) is 3.13. The maximum atomic E-state index is 11.7. The van der Waals surface area contributed by atoms with Crippen LogP contribution in [0.5, 0.6) is 11.6 Å². The zero-order chi connectivity index (χ0) is 10.9. The molecular formula is C6H6F3N3O2.